The minimum Gasteiger partial charge on any atom is -0.398 e. The predicted molar refractivity (Wildman–Crippen MR) is 74.7 cm³/mol. The summed E-state index contributed by atoms with van der Waals surface area (Å²) < 4.78 is 26.4. The fourth-order valence-electron chi connectivity index (χ4n) is 2.48. The monoisotopic (exact) mass is 299 g/mol. The number of nitrogens with two attached hydrogens (primary N) is 1. The van der Waals surface area contributed by atoms with Crippen LogP contribution in [0.2, 0.25) is 0 Å². The summed E-state index contributed by atoms with van der Waals surface area (Å²) in [5, 5.41) is 10.8. The highest BCUT2D eigenvalue weighted by Gasteiger charge is 2.32. The van der Waals surface area contributed by atoms with E-state index in [-0.39, 0.29) is 22.3 Å². The van der Waals surface area contributed by atoms with E-state index in [0.717, 1.165) is 31.7 Å². The van der Waals surface area contributed by atoms with Gasteiger partial charge in [-0.05, 0) is 18.9 Å². The van der Waals surface area contributed by atoms with E-state index in [1.165, 1.54) is 23.5 Å². The highest BCUT2D eigenvalue weighted by atomic mass is 32.2. The second-order valence-electron chi connectivity index (χ2n) is 4.94. The number of nitrogen functional groups attached to an aromatic ring is 1. The molecule has 0 bridgehead atoms. The van der Waals surface area contributed by atoms with Crippen molar-refractivity contribution in [1.29, 1.82) is 0 Å². The number of anilines is 1. The molecule has 1 aromatic rings. The molecule has 0 spiro atoms. The zero-order chi connectivity index (χ0) is 14.9. The van der Waals surface area contributed by atoms with Crippen molar-refractivity contribution in [2.75, 3.05) is 12.8 Å². The molecule has 0 aliphatic heterocycles. The van der Waals surface area contributed by atoms with E-state index in [0.29, 0.717) is 0 Å². The molecular formula is C12H17N3O4S. The second kappa shape index (κ2) is 5.37. The third kappa shape index (κ3) is 2.61. The molecule has 1 aliphatic rings. The highest BCUT2D eigenvalue weighted by molar-refractivity contribution is 7.89. The Hall–Kier alpha value is -1.67. The quantitative estimate of drug-likeness (QED) is 0.517. The van der Waals surface area contributed by atoms with Crippen molar-refractivity contribution in [3.05, 3.63) is 28.3 Å². The van der Waals surface area contributed by atoms with Crippen LogP contribution in [0.4, 0.5) is 11.4 Å². The fraction of sp³-hybridized carbons (Fsp3) is 0.500. The first kappa shape index (κ1) is 14.7. The molecule has 2 rings (SSSR count). The maximum absolute atomic E-state index is 12.5. The third-order valence-corrected chi connectivity index (χ3v) is 5.67. The van der Waals surface area contributed by atoms with Gasteiger partial charge in [0.2, 0.25) is 10.0 Å². The van der Waals surface area contributed by atoms with Gasteiger partial charge in [0.25, 0.3) is 5.69 Å². The molecule has 1 aliphatic carbocycles. The van der Waals surface area contributed by atoms with Gasteiger partial charge in [-0.25, -0.2) is 8.42 Å². The van der Waals surface area contributed by atoms with Gasteiger partial charge < -0.3 is 5.73 Å². The number of benzene rings is 1. The summed E-state index contributed by atoms with van der Waals surface area (Å²) in [6, 6.07) is 3.42. The highest BCUT2D eigenvalue weighted by Crippen LogP contribution is 2.31. The van der Waals surface area contributed by atoms with Crippen LogP contribution in [0.3, 0.4) is 0 Å². The van der Waals surface area contributed by atoms with E-state index in [4.69, 9.17) is 5.73 Å². The summed E-state index contributed by atoms with van der Waals surface area (Å²) >= 11 is 0. The molecule has 20 heavy (non-hydrogen) atoms. The average Bonchev–Trinajstić information content (AvgIpc) is 2.91. The molecular weight excluding hydrogens is 282 g/mol. The molecule has 0 heterocycles. The summed E-state index contributed by atoms with van der Waals surface area (Å²) in [6.45, 7) is 0. The zero-order valence-electron chi connectivity index (χ0n) is 11.2. The van der Waals surface area contributed by atoms with Gasteiger partial charge in [-0.3, -0.25) is 10.1 Å². The summed E-state index contributed by atoms with van der Waals surface area (Å²) in [4.78, 5) is 9.95. The lowest BCUT2D eigenvalue weighted by molar-refractivity contribution is -0.385. The van der Waals surface area contributed by atoms with E-state index < -0.39 is 14.9 Å². The van der Waals surface area contributed by atoms with Crippen molar-refractivity contribution in [2.24, 2.45) is 0 Å². The van der Waals surface area contributed by atoms with E-state index in [9.17, 15) is 18.5 Å². The summed E-state index contributed by atoms with van der Waals surface area (Å²) in [6.07, 6.45) is 3.61. The Morgan fingerprint density at radius 1 is 1.35 bits per heavy atom. The second-order valence-corrected chi connectivity index (χ2v) is 6.90. The predicted octanol–water partition coefficient (Wildman–Crippen LogP) is 1.74. The lowest BCUT2D eigenvalue weighted by Crippen LogP contribution is -2.35. The molecule has 110 valence electrons. The van der Waals surface area contributed by atoms with E-state index in [1.807, 2.05) is 0 Å². The van der Waals surface area contributed by atoms with E-state index >= 15 is 0 Å². The van der Waals surface area contributed by atoms with Crippen LogP contribution in [-0.4, -0.2) is 30.7 Å². The summed E-state index contributed by atoms with van der Waals surface area (Å²) in [7, 11) is -2.30. The Morgan fingerprint density at radius 2 is 1.95 bits per heavy atom. The number of sulfonamides is 1. The summed E-state index contributed by atoms with van der Waals surface area (Å²) in [5.41, 5.74) is 5.43. The Kier molecular flexibility index (Phi) is 3.96. The molecule has 0 unspecified atom stereocenters. The number of hydrogen-bond donors (Lipinski definition) is 1. The van der Waals surface area contributed by atoms with Gasteiger partial charge >= 0.3 is 0 Å². The fourth-order valence-corrected chi connectivity index (χ4v) is 4.03. The first-order valence-electron chi connectivity index (χ1n) is 6.36. The van der Waals surface area contributed by atoms with Gasteiger partial charge in [0.1, 0.15) is 4.90 Å². The Morgan fingerprint density at radius 3 is 2.50 bits per heavy atom. The number of non-ortho nitro benzene ring substituents is 1. The lowest BCUT2D eigenvalue weighted by Gasteiger charge is -2.24. The molecule has 0 aromatic heterocycles. The minimum atomic E-state index is -3.81. The van der Waals surface area contributed by atoms with Crippen molar-refractivity contribution in [3.63, 3.8) is 0 Å². The molecule has 2 N–H and O–H groups in total. The topological polar surface area (TPSA) is 107 Å². The van der Waals surface area contributed by atoms with Crippen molar-refractivity contribution in [3.8, 4) is 0 Å². The molecule has 0 atom stereocenters. The summed E-state index contributed by atoms with van der Waals surface area (Å²) in [5.74, 6) is 0. The van der Waals surface area contributed by atoms with E-state index in [1.54, 1.807) is 0 Å². The number of nitro groups is 1. The molecule has 7 nitrogen and oxygen atoms in total. The maximum Gasteiger partial charge on any atom is 0.270 e. The zero-order valence-corrected chi connectivity index (χ0v) is 12.0. The van der Waals surface area contributed by atoms with Gasteiger partial charge in [0, 0.05) is 25.2 Å². The maximum atomic E-state index is 12.5. The van der Waals surface area contributed by atoms with Crippen LogP contribution in [0, 0.1) is 10.1 Å². The standard InChI is InChI=1S/C12H17N3O4S/c1-14(9-4-2-3-5-9)20(18,19)12-8-10(15(16)17)6-7-11(12)13/h6-9H,2-5,13H2,1H3. The molecule has 0 saturated heterocycles. The van der Waals surface area contributed by atoms with E-state index in [2.05, 4.69) is 0 Å². The smallest absolute Gasteiger partial charge is 0.270 e. The van der Waals surface area contributed by atoms with Crippen LogP contribution < -0.4 is 5.73 Å². The van der Waals surface area contributed by atoms with Crippen LogP contribution >= 0.6 is 0 Å². The first-order valence-corrected chi connectivity index (χ1v) is 7.80. The minimum absolute atomic E-state index is 0.0282. The Balaban J connectivity index is 2.42. The number of nitro benzene ring substituents is 1. The van der Waals surface area contributed by atoms with Crippen molar-refractivity contribution < 1.29 is 13.3 Å². The number of hydrogen-bond acceptors (Lipinski definition) is 5. The molecule has 1 saturated carbocycles. The van der Waals surface area contributed by atoms with Crippen LogP contribution in [-0.2, 0) is 10.0 Å². The molecule has 0 amide bonds. The molecule has 0 radical (unpaired) electrons. The molecule has 1 aromatic carbocycles. The SMILES string of the molecule is CN(C1CCCC1)S(=O)(=O)c1cc([N+](=O)[O-])ccc1N. The lowest BCUT2D eigenvalue weighted by atomic mass is 10.3. The van der Waals surface area contributed by atoms with Crippen molar-refractivity contribution in [2.45, 2.75) is 36.6 Å². The third-order valence-electron chi connectivity index (χ3n) is 3.70. The Labute approximate surface area is 117 Å². The first-order chi connectivity index (χ1) is 9.34. The van der Waals surface area contributed by atoms with Crippen LogP contribution in [0.15, 0.2) is 23.1 Å². The normalized spacial score (nSPS) is 16.7. The van der Waals surface area contributed by atoms with Gasteiger partial charge in [-0.15, -0.1) is 0 Å². The number of nitrogens with zero attached hydrogens (tertiary/aromatic N) is 2. The Bertz CT molecular complexity index is 624. The van der Waals surface area contributed by atoms with Gasteiger partial charge in [0.15, 0.2) is 0 Å². The van der Waals surface area contributed by atoms with Crippen LogP contribution in [0.1, 0.15) is 25.7 Å². The molecule has 1 fully saturated rings. The van der Waals surface area contributed by atoms with Crippen molar-refractivity contribution in [1.82, 2.24) is 4.31 Å². The van der Waals surface area contributed by atoms with Crippen molar-refractivity contribution >= 4 is 21.4 Å². The van der Waals surface area contributed by atoms with Crippen LogP contribution in [0.5, 0.6) is 0 Å². The van der Waals surface area contributed by atoms with Gasteiger partial charge in [-0.1, -0.05) is 12.8 Å². The van der Waals surface area contributed by atoms with Gasteiger partial charge in [-0.2, -0.15) is 4.31 Å². The molecule has 8 heteroatoms. The number of rotatable bonds is 4. The largest absolute Gasteiger partial charge is 0.398 e. The van der Waals surface area contributed by atoms with Crippen LogP contribution in [0.25, 0.3) is 0 Å². The van der Waals surface area contributed by atoms with Gasteiger partial charge in [0.05, 0.1) is 10.6 Å². The average molecular weight is 299 g/mol.